The van der Waals surface area contributed by atoms with Crippen molar-refractivity contribution >= 4 is 5.91 Å². The molecule has 0 saturated carbocycles. The lowest BCUT2D eigenvalue weighted by Gasteiger charge is -2.08. The summed E-state index contributed by atoms with van der Waals surface area (Å²) in [5.74, 6) is 0.0616. The van der Waals surface area contributed by atoms with E-state index in [0.717, 1.165) is 19.5 Å². The van der Waals surface area contributed by atoms with E-state index < -0.39 is 0 Å². The Morgan fingerprint density at radius 2 is 2.00 bits per heavy atom. The summed E-state index contributed by atoms with van der Waals surface area (Å²) in [7, 11) is 0. The monoisotopic (exact) mass is 216 g/mol. The molecule has 0 aliphatic heterocycles. The minimum absolute atomic E-state index is 0.0616. The largest absolute Gasteiger partial charge is 0.380 e. The van der Waals surface area contributed by atoms with Crippen molar-refractivity contribution in [1.82, 2.24) is 10.6 Å². The van der Waals surface area contributed by atoms with E-state index in [1.165, 1.54) is 0 Å². The van der Waals surface area contributed by atoms with Crippen molar-refractivity contribution in [2.45, 2.75) is 39.7 Å². The maximum absolute atomic E-state index is 11.2. The maximum atomic E-state index is 11.2. The van der Waals surface area contributed by atoms with E-state index in [-0.39, 0.29) is 11.9 Å². The Morgan fingerprint density at radius 1 is 1.27 bits per heavy atom. The summed E-state index contributed by atoms with van der Waals surface area (Å²) in [6.07, 6.45) is 1.59. The highest BCUT2D eigenvalue weighted by Gasteiger charge is 2.01. The molecule has 4 nitrogen and oxygen atoms in total. The van der Waals surface area contributed by atoms with Crippen LogP contribution in [0.15, 0.2) is 0 Å². The molecule has 0 heterocycles. The van der Waals surface area contributed by atoms with Gasteiger partial charge in [0.1, 0.15) is 0 Å². The Balaban J connectivity index is 3.13. The van der Waals surface area contributed by atoms with Crippen molar-refractivity contribution < 1.29 is 9.53 Å². The number of hydrogen-bond acceptors (Lipinski definition) is 3. The van der Waals surface area contributed by atoms with Gasteiger partial charge in [-0.05, 0) is 26.8 Å². The van der Waals surface area contributed by atoms with Crippen LogP contribution in [0.4, 0.5) is 0 Å². The molecule has 2 N–H and O–H groups in total. The first-order chi connectivity index (χ1) is 7.16. The molecule has 0 unspecified atom stereocenters. The molecule has 90 valence electrons. The molecule has 1 amide bonds. The number of carbonyl (C=O) groups excluding carboxylic acids is 1. The third kappa shape index (κ3) is 11.3. The quantitative estimate of drug-likeness (QED) is 0.563. The van der Waals surface area contributed by atoms with Gasteiger partial charge in [0.25, 0.3) is 0 Å². The second-order valence-electron chi connectivity index (χ2n) is 3.83. The zero-order valence-electron chi connectivity index (χ0n) is 10.1. The first kappa shape index (κ1) is 14.4. The van der Waals surface area contributed by atoms with E-state index in [0.29, 0.717) is 19.6 Å². The Kier molecular flexibility index (Phi) is 9.52. The molecule has 15 heavy (non-hydrogen) atoms. The Labute approximate surface area is 92.8 Å². The first-order valence-electron chi connectivity index (χ1n) is 5.74. The lowest BCUT2D eigenvalue weighted by molar-refractivity contribution is -0.122. The number of ether oxygens (including phenoxy) is 1. The highest BCUT2D eigenvalue weighted by molar-refractivity contribution is 5.76. The lowest BCUT2D eigenvalue weighted by atomic mass is 10.3. The average Bonchev–Trinajstić information content (AvgIpc) is 2.15. The minimum Gasteiger partial charge on any atom is -0.380 e. The van der Waals surface area contributed by atoms with Gasteiger partial charge in [-0.25, -0.2) is 0 Å². The van der Waals surface area contributed by atoms with Crippen molar-refractivity contribution in [3.8, 4) is 0 Å². The van der Waals surface area contributed by atoms with Gasteiger partial charge in [-0.15, -0.1) is 0 Å². The Bertz CT molecular complexity index is 161. The van der Waals surface area contributed by atoms with E-state index >= 15 is 0 Å². The summed E-state index contributed by atoms with van der Waals surface area (Å²) in [6.45, 7) is 9.10. The normalized spacial score (nSPS) is 10.7. The van der Waals surface area contributed by atoms with Gasteiger partial charge in [0.15, 0.2) is 0 Å². The van der Waals surface area contributed by atoms with Gasteiger partial charge in [0, 0.05) is 19.0 Å². The van der Waals surface area contributed by atoms with E-state index in [2.05, 4.69) is 17.6 Å². The third-order valence-corrected chi connectivity index (χ3v) is 1.77. The van der Waals surface area contributed by atoms with Crippen LogP contribution in [-0.4, -0.2) is 38.3 Å². The fraction of sp³-hybridized carbons (Fsp3) is 0.909. The van der Waals surface area contributed by atoms with E-state index in [4.69, 9.17) is 4.74 Å². The van der Waals surface area contributed by atoms with Gasteiger partial charge < -0.3 is 15.4 Å². The van der Waals surface area contributed by atoms with Crippen molar-refractivity contribution in [2.75, 3.05) is 26.3 Å². The molecule has 0 aliphatic rings. The topological polar surface area (TPSA) is 50.4 Å². The van der Waals surface area contributed by atoms with Crippen LogP contribution in [0.3, 0.4) is 0 Å². The fourth-order valence-electron chi connectivity index (χ4n) is 1.11. The standard InChI is InChI=1S/C11H24N2O2/c1-4-6-12-7-9-15-8-5-11(14)13-10(2)3/h10,12H,4-9H2,1-3H3,(H,13,14). The van der Waals surface area contributed by atoms with Crippen LogP contribution in [0.1, 0.15) is 33.6 Å². The summed E-state index contributed by atoms with van der Waals surface area (Å²) in [4.78, 5) is 11.2. The Hall–Kier alpha value is -0.610. The van der Waals surface area contributed by atoms with Gasteiger partial charge in [0.05, 0.1) is 13.2 Å². The molecular formula is C11H24N2O2. The van der Waals surface area contributed by atoms with Crippen LogP contribution >= 0.6 is 0 Å². The fourth-order valence-corrected chi connectivity index (χ4v) is 1.11. The molecule has 0 aromatic heterocycles. The van der Waals surface area contributed by atoms with Gasteiger partial charge in [-0.2, -0.15) is 0 Å². The summed E-state index contributed by atoms with van der Waals surface area (Å²) >= 11 is 0. The van der Waals surface area contributed by atoms with Crippen LogP contribution in [-0.2, 0) is 9.53 Å². The van der Waals surface area contributed by atoms with Gasteiger partial charge in [-0.1, -0.05) is 6.92 Å². The molecule has 4 heteroatoms. The maximum Gasteiger partial charge on any atom is 0.222 e. The molecule has 0 radical (unpaired) electrons. The third-order valence-electron chi connectivity index (χ3n) is 1.77. The molecule has 0 spiro atoms. The molecule has 0 saturated heterocycles. The number of carbonyl (C=O) groups is 1. The van der Waals surface area contributed by atoms with Crippen LogP contribution in [0.25, 0.3) is 0 Å². The smallest absolute Gasteiger partial charge is 0.222 e. The van der Waals surface area contributed by atoms with Gasteiger partial charge in [-0.3, -0.25) is 4.79 Å². The van der Waals surface area contributed by atoms with Crippen molar-refractivity contribution in [3.05, 3.63) is 0 Å². The van der Waals surface area contributed by atoms with Crippen LogP contribution in [0.2, 0.25) is 0 Å². The molecule has 0 aliphatic carbocycles. The number of rotatable bonds is 9. The number of amides is 1. The molecule has 0 rings (SSSR count). The SMILES string of the molecule is CCCNCCOCCC(=O)NC(C)C. The zero-order chi connectivity index (χ0) is 11.5. The number of hydrogen-bond donors (Lipinski definition) is 2. The predicted octanol–water partition coefficient (Wildman–Crippen LogP) is 0.917. The highest BCUT2D eigenvalue weighted by Crippen LogP contribution is 1.85. The minimum atomic E-state index is 0.0616. The molecule has 0 atom stereocenters. The Morgan fingerprint density at radius 3 is 2.60 bits per heavy atom. The molecule has 0 aromatic carbocycles. The van der Waals surface area contributed by atoms with Gasteiger partial charge >= 0.3 is 0 Å². The van der Waals surface area contributed by atoms with Crippen molar-refractivity contribution in [1.29, 1.82) is 0 Å². The van der Waals surface area contributed by atoms with Crippen molar-refractivity contribution in [2.24, 2.45) is 0 Å². The van der Waals surface area contributed by atoms with E-state index in [1.54, 1.807) is 0 Å². The zero-order valence-corrected chi connectivity index (χ0v) is 10.1. The molecule has 0 bridgehead atoms. The summed E-state index contributed by atoms with van der Waals surface area (Å²) in [6, 6.07) is 0.212. The van der Waals surface area contributed by atoms with Crippen LogP contribution in [0, 0.1) is 0 Å². The summed E-state index contributed by atoms with van der Waals surface area (Å²) in [5.41, 5.74) is 0. The molecule has 0 fully saturated rings. The van der Waals surface area contributed by atoms with E-state index in [9.17, 15) is 4.79 Å². The lowest BCUT2D eigenvalue weighted by Crippen LogP contribution is -2.31. The van der Waals surface area contributed by atoms with Gasteiger partial charge in [0.2, 0.25) is 5.91 Å². The predicted molar refractivity (Wildman–Crippen MR) is 61.9 cm³/mol. The number of nitrogens with one attached hydrogen (secondary N) is 2. The molecular weight excluding hydrogens is 192 g/mol. The van der Waals surface area contributed by atoms with Crippen LogP contribution < -0.4 is 10.6 Å². The summed E-state index contributed by atoms with van der Waals surface area (Å²) in [5, 5.41) is 6.05. The summed E-state index contributed by atoms with van der Waals surface area (Å²) < 4.78 is 5.31. The molecule has 0 aromatic rings. The second-order valence-corrected chi connectivity index (χ2v) is 3.83. The van der Waals surface area contributed by atoms with Crippen molar-refractivity contribution in [3.63, 3.8) is 0 Å². The first-order valence-corrected chi connectivity index (χ1v) is 5.74. The second kappa shape index (κ2) is 9.93. The van der Waals surface area contributed by atoms with Crippen LogP contribution in [0.5, 0.6) is 0 Å². The highest BCUT2D eigenvalue weighted by atomic mass is 16.5. The average molecular weight is 216 g/mol. The van der Waals surface area contributed by atoms with E-state index in [1.807, 2.05) is 13.8 Å².